The van der Waals surface area contributed by atoms with Crippen LogP contribution in [-0.4, -0.2) is 16.6 Å². The van der Waals surface area contributed by atoms with Crippen LogP contribution in [0.1, 0.15) is 28.6 Å². The third-order valence-corrected chi connectivity index (χ3v) is 4.85. The number of hydrogen-bond donors (Lipinski definition) is 1. The summed E-state index contributed by atoms with van der Waals surface area (Å²) in [5.41, 5.74) is 8.11. The standard InChI is InChI=1S/C20H19N3O2/c1-11-6-12(2)19-15(7-11)16-8-13(3)22-23(16)20(21-19)14-4-5-17-18(9-14)25-10-24-17/h4-9,20-21H,10H2,1-3H3/t20-/m1/s1. The summed E-state index contributed by atoms with van der Waals surface area (Å²) in [6.45, 7) is 6.59. The topological polar surface area (TPSA) is 48.3 Å². The van der Waals surface area contributed by atoms with Crippen molar-refractivity contribution in [2.24, 2.45) is 0 Å². The van der Waals surface area contributed by atoms with Crippen LogP contribution in [0.15, 0.2) is 36.4 Å². The summed E-state index contributed by atoms with van der Waals surface area (Å²) >= 11 is 0. The summed E-state index contributed by atoms with van der Waals surface area (Å²) in [6, 6.07) is 12.7. The number of benzene rings is 2. The Morgan fingerprint density at radius 1 is 1.04 bits per heavy atom. The van der Waals surface area contributed by atoms with Crippen molar-refractivity contribution >= 4 is 5.69 Å². The van der Waals surface area contributed by atoms with Crippen molar-refractivity contribution in [1.29, 1.82) is 0 Å². The van der Waals surface area contributed by atoms with Crippen molar-refractivity contribution in [1.82, 2.24) is 9.78 Å². The highest BCUT2D eigenvalue weighted by Gasteiger charge is 2.28. The average Bonchev–Trinajstić information content (AvgIpc) is 3.19. The lowest BCUT2D eigenvalue weighted by Crippen LogP contribution is -2.26. The summed E-state index contributed by atoms with van der Waals surface area (Å²) in [5, 5.41) is 8.42. The maximum atomic E-state index is 5.55. The summed E-state index contributed by atoms with van der Waals surface area (Å²) in [5.74, 6) is 1.58. The van der Waals surface area contributed by atoms with E-state index in [-0.39, 0.29) is 13.0 Å². The van der Waals surface area contributed by atoms with Gasteiger partial charge in [-0.25, -0.2) is 4.68 Å². The molecule has 3 heterocycles. The van der Waals surface area contributed by atoms with Crippen LogP contribution >= 0.6 is 0 Å². The van der Waals surface area contributed by atoms with Gasteiger partial charge in [0.25, 0.3) is 0 Å². The largest absolute Gasteiger partial charge is 0.454 e. The van der Waals surface area contributed by atoms with Gasteiger partial charge < -0.3 is 14.8 Å². The second kappa shape index (κ2) is 5.02. The first kappa shape index (κ1) is 14.4. The summed E-state index contributed by atoms with van der Waals surface area (Å²) in [4.78, 5) is 0. The molecule has 1 atom stereocenters. The molecule has 0 amide bonds. The predicted molar refractivity (Wildman–Crippen MR) is 96.2 cm³/mol. The van der Waals surface area contributed by atoms with Crippen molar-refractivity contribution in [3.63, 3.8) is 0 Å². The van der Waals surface area contributed by atoms with Gasteiger partial charge in [0.05, 0.1) is 11.4 Å². The number of aryl methyl sites for hydroxylation is 3. The Morgan fingerprint density at radius 2 is 1.88 bits per heavy atom. The highest BCUT2D eigenvalue weighted by Crippen LogP contribution is 2.42. The Morgan fingerprint density at radius 3 is 2.76 bits per heavy atom. The van der Waals surface area contributed by atoms with Crippen LogP contribution in [0.25, 0.3) is 11.3 Å². The van der Waals surface area contributed by atoms with Crippen LogP contribution < -0.4 is 14.8 Å². The van der Waals surface area contributed by atoms with E-state index in [9.17, 15) is 0 Å². The molecule has 126 valence electrons. The monoisotopic (exact) mass is 333 g/mol. The van der Waals surface area contributed by atoms with Crippen molar-refractivity contribution in [3.8, 4) is 22.8 Å². The van der Waals surface area contributed by atoms with E-state index in [4.69, 9.17) is 14.6 Å². The smallest absolute Gasteiger partial charge is 0.231 e. The number of nitrogens with one attached hydrogen (secondary N) is 1. The van der Waals surface area contributed by atoms with Crippen molar-refractivity contribution in [2.45, 2.75) is 26.9 Å². The van der Waals surface area contributed by atoms with E-state index in [0.717, 1.165) is 28.5 Å². The first-order valence-corrected chi connectivity index (χ1v) is 8.44. The molecule has 0 unspecified atom stereocenters. The molecule has 0 bridgehead atoms. The second-order valence-electron chi connectivity index (χ2n) is 6.78. The number of rotatable bonds is 1. The van der Waals surface area contributed by atoms with Gasteiger partial charge in [0.15, 0.2) is 11.5 Å². The molecule has 0 fully saturated rings. The van der Waals surface area contributed by atoms with Gasteiger partial charge in [-0.05, 0) is 50.6 Å². The van der Waals surface area contributed by atoms with Crippen molar-refractivity contribution in [2.75, 3.05) is 12.1 Å². The maximum Gasteiger partial charge on any atom is 0.231 e. The fraction of sp³-hybridized carbons (Fsp3) is 0.250. The highest BCUT2D eigenvalue weighted by molar-refractivity contribution is 5.82. The molecular formula is C20H19N3O2. The fourth-order valence-corrected chi connectivity index (χ4v) is 3.78. The van der Waals surface area contributed by atoms with Crippen LogP contribution in [0.2, 0.25) is 0 Å². The maximum absolute atomic E-state index is 5.55. The molecule has 1 aromatic heterocycles. The van der Waals surface area contributed by atoms with E-state index < -0.39 is 0 Å². The lowest BCUT2D eigenvalue weighted by atomic mass is 9.98. The zero-order chi connectivity index (χ0) is 17.1. The predicted octanol–water partition coefficient (Wildman–Crippen LogP) is 4.18. The number of nitrogens with zero attached hydrogens (tertiary/aromatic N) is 2. The van der Waals surface area contributed by atoms with Crippen LogP contribution in [0.4, 0.5) is 5.69 Å². The first-order valence-electron chi connectivity index (χ1n) is 8.44. The summed E-state index contributed by atoms with van der Waals surface area (Å²) in [7, 11) is 0. The Balaban J connectivity index is 1.69. The van der Waals surface area contributed by atoms with Gasteiger partial charge in [-0.15, -0.1) is 0 Å². The van der Waals surface area contributed by atoms with E-state index in [1.54, 1.807) is 0 Å². The second-order valence-corrected chi connectivity index (χ2v) is 6.78. The molecule has 2 aliphatic heterocycles. The molecule has 0 saturated carbocycles. The quantitative estimate of drug-likeness (QED) is 0.726. The lowest BCUT2D eigenvalue weighted by Gasteiger charge is -2.30. The Bertz CT molecular complexity index is 1010. The number of ether oxygens (including phenoxy) is 2. The Labute approximate surface area is 146 Å². The van der Waals surface area contributed by atoms with Gasteiger partial charge in [0, 0.05) is 16.8 Å². The molecule has 0 saturated heterocycles. The van der Waals surface area contributed by atoms with E-state index in [0.29, 0.717) is 0 Å². The molecule has 5 rings (SSSR count). The number of hydrogen-bond acceptors (Lipinski definition) is 4. The third kappa shape index (κ3) is 2.12. The molecule has 2 aromatic carbocycles. The third-order valence-electron chi connectivity index (χ3n) is 4.85. The van der Waals surface area contributed by atoms with Gasteiger partial charge in [-0.3, -0.25) is 0 Å². The number of aromatic nitrogens is 2. The van der Waals surface area contributed by atoms with Crippen LogP contribution in [0.5, 0.6) is 11.5 Å². The van der Waals surface area contributed by atoms with E-state index in [1.165, 1.54) is 22.4 Å². The normalized spacial score (nSPS) is 17.0. The molecule has 3 aromatic rings. The summed E-state index contributed by atoms with van der Waals surface area (Å²) in [6.07, 6.45) is -0.0768. The van der Waals surface area contributed by atoms with E-state index >= 15 is 0 Å². The van der Waals surface area contributed by atoms with Gasteiger partial charge >= 0.3 is 0 Å². The van der Waals surface area contributed by atoms with Crippen LogP contribution in [0, 0.1) is 20.8 Å². The van der Waals surface area contributed by atoms with Crippen molar-refractivity contribution in [3.05, 3.63) is 58.8 Å². The molecule has 2 aliphatic rings. The van der Waals surface area contributed by atoms with E-state index in [2.05, 4.69) is 48.1 Å². The first-order chi connectivity index (χ1) is 12.1. The number of fused-ring (bicyclic) bond motifs is 4. The molecule has 1 N–H and O–H groups in total. The zero-order valence-corrected chi connectivity index (χ0v) is 14.5. The summed E-state index contributed by atoms with van der Waals surface area (Å²) < 4.78 is 13.1. The minimum absolute atomic E-state index is 0.0768. The highest BCUT2D eigenvalue weighted by atomic mass is 16.7. The SMILES string of the molecule is Cc1cc(C)c2c(c1)-c1cc(C)nn1[C@H](c1ccc3c(c1)OCO3)N2. The molecule has 0 spiro atoms. The minimum atomic E-state index is -0.0768. The molecule has 0 aliphatic carbocycles. The zero-order valence-electron chi connectivity index (χ0n) is 14.5. The number of anilines is 1. The molecular weight excluding hydrogens is 314 g/mol. The minimum Gasteiger partial charge on any atom is -0.454 e. The van der Waals surface area contributed by atoms with Crippen molar-refractivity contribution < 1.29 is 9.47 Å². The van der Waals surface area contributed by atoms with E-state index in [1.807, 2.05) is 19.1 Å². The fourth-order valence-electron chi connectivity index (χ4n) is 3.78. The average molecular weight is 333 g/mol. The van der Waals surface area contributed by atoms with Gasteiger partial charge in [0.2, 0.25) is 6.79 Å². The lowest BCUT2D eigenvalue weighted by molar-refractivity contribution is 0.174. The molecule has 25 heavy (non-hydrogen) atoms. The Kier molecular flexibility index (Phi) is 2.89. The molecule has 5 nitrogen and oxygen atoms in total. The van der Waals surface area contributed by atoms with Gasteiger partial charge in [-0.2, -0.15) is 5.10 Å². The Hall–Kier alpha value is -2.95. The molecule has 0 radical (unpaired) electrons. The van der Waals surface area contributed by atoms with Gasteiger partial charge in [0.1, 0.15) is 6.17 Å². The molecule has 5 heteroatoms. The van der Waals surface area contributed by atoms with Crippen LogP contribution in [-0.2, 0) is 0 Å². The van der Waals surface area contributed by atoms with Gasteiger partial charge in [-0.1, -0.05) is 17.7 Å². The van der Waals surface area contributed by atoms with Crippen LogP contribution in [0.3, 0.4) is 0 Å².